The molecular formula is C20H28F2N2O3. The molecule has 0 N–H and O–H groups in total. The molecule has 27 heavy (non-hydrogen) atoms. The minimum absolute atomic E-state index is 0.0263. The number of hydrogen-bond donors (Lipinski definition) is 0. The van der Waals surface area contributed by atoms with Gasteiger partial charge in [-0.15, -0.1) is 0 Å². The van der Waals surface area contributed by atoms with Gasteiger partial charge < -0.3 is 14.4 Å². The van der Waals surface area contributed by atoms with E-state index in [1.807, 2.05) is 18.2 Å². The number of halogens is 2. The van der Waals surface area contributed by atoms with Crippen LogP contribution in [0, 0.1) is 5.92 Å². The lowest BCUT2D eigenvalue weighted by Crippen LogP contribution is -2.48. The molecule has 2 heterocycles. The lowest BCUT2D eigenvalue weighted by atomic mass is 9.94. The smallest absolute Gasteiger partial charge is 0.251 e. The van der Waals surface area contributed by atoms with Gasteiger partial charge in [-0.2, -0.15) is 0 Å². The molecule has 0 spiro atoms. The van der Waals surface area contributed by atoms with Crippen LogP contribution >= 0.6 is 0 Å². The van der Waals surface area contributed by atoms with Crippen LogP contribution in [-0.4, -0.2) is 62.0 Å². The molecule has 1 aromatic rings. The highest BCUT2D eigenvalue weighted by atomic mass is 19.3. The molecular weight excluding hydrogens is 354 g/mol. The zero-order valence-electron chi connectivity index (χ0n) is 16.0. The molecule has 0 aliphatic carbocycles. The van der Waals surface area contributed by atoms with Gasteiger partial charge in [-0.3, -0.25) is 9.69 Å². The first-order valence-electron chi connectivity index (χ1n) is 9.51. The number of carbonyl (C=O) groups excluding carboxylic acids is 1. The van der Waals surface area contributed by atoms with E-state index in [2.05, 4.69) is 4.90 Å². The average molecular weight is 382 g/mol. The van der Waals surface area contributed by atoms with Crippen molar-refractivity contribution in [2.45, 2.75) is 38.2 Å². The molecule has 5 nitrogen and oxygen atoms in total. The average Bonchev–Trinajstić information content (AvgIpc) is 2.67. The Morgan fingerprint density at radius 1 is 1.11 bits per heavy atom. The Labute approximate surface area is 159 Å². The van der Waals surface area contributed by atoms with Crippen LogP contribution in [0.25, 0.3) is 0 Å². The Kier molecular flexibility index (Phi) is 6.19. The lowest BCUT2D eigenvalue weighted by molar-refractivity contribution is -0.143. The number of nitrogens with zero attached hydrogens (tertiary/aromatic N) is 2. The van der Waals surface area contributed by atoms with Gasteiger partial charge in [0.1, 0.15) is 11.5 Å². The molecule has 2 aliphatic rings. The van der Waals surface area contributed by atoms with Crippen LogP contribution in [0.5, 0.6) is 11.5 Å². The van der Waals surface area contributed by atoms with E-state index in [9.17, 15) is 13.6 Å². The van der Waals surface area contributed by atoms with Crippen LogP contribution in [0.1, 0.15) is 31.2 Å². The molecule has 0 aromatic heterocycles. The van der Waals surface area contributed by atoms with Crippen molar-refractivity contribution in [3.63, 3.8) is 0 Å². The van der Waals surface area contributed by atoms with Crippen LogP contribution in [-0.2, 0) is 11.3 Å². The summed E-state index contributed by atoms with van der Waals surface area (Å²) in [7, 11) is 3.24. The number of ether oxygens (including phenoxy) is 2. The maximum absolute atomic E-state index is 13.3. The van der Waals surface area contributed by atoms with E-state index >= 15 is 0 Å². The molecule has 2 saturated heterocycles. The second-order valence-electron chi connectivity index (χ2n) is 7.48. The van der Waals surface area contributed by atoms with E-state index in [1.165, 1.54) is 0 Å². The second kappa shape index (κ2) is 8.42. The highest BCUT2D eigenvalue weighted by molar-refractivity contribution is 5.79. The van der Waals surface area contributed by atoms with E-state index in [-0.39, 0.29) is 37.8 Å². The zero-order valence-corrected chi connectivity index (χ0v) is 16.0. The van der Waals surface area contributed by atoms with Crippen molar-refractivity contribution in [2.24, 2.45) is 5.92 Å². The number of benzene rings is 1. The van der Waals surface area contributed by atoms with Gasteiger partial charge in [-0.1, -0.05) is 0 Å². The molecule has 150 valence electrons. The van der Waals surface area contributed by atoms with Crippen molar-refractivity contribution >= 4 is 5.91 Å². The predicted molar refractivity (Wildman–Crippen MR) is 98.3 cm³/mol. The summed E-state index contributed by atoms with van der Waals surface area (Å²) >= 11 is 0. The van der Waals surface area contributed by atoms with Gasteiger partial charge in [0.05, 0.1) is 20.1 Å². The highest BCUT2D eigenvalue weighted by Crippen LogP contribution is 2.30. The topological polar surface area (TPSA) is 42.0 Å². The lowest BCUT2D eigenvalue weighted by Gasteiger charge is -2.37. The first kappa shape index (κ1) is 19.9. The summed E-state index contributed by atoms with van der Waals surface area (Å²) in [6.07, 6.45) is 1.31. The largest absolute Gasteiger partial charge is 0.497 e. The molecule has 2 aliphatic heterocycles. The number of hydrogen-bond acceptors (Lipinski definition) is 4. The van der Waals surface area contributed by atoms with Crippen LogP contribution < -0.4 is 9.47 Å². The van der Waals surface area contributed by atoms with Gasteiger partial charge in [0, 0.05) is 45.1 Å². The second-order valence-corrected chi connectivity index (χ2v) is 7.48. The number of carbonyl (C=O) groups is 1. The third-order valence-electron chi connectivity index (χ3n) is 5.48. The maximum Gasteiger partial charge on any atom is 0.251 e. The third kappa shape index (κ3) is 5.09. The predicted octanol–water partition coefficient (Wildman–Crippen LogP) is 3.17. The Morgan fingerprint density at radius 3 is 2.33 bits per heavy atom. The number of amides is 1. The summed E-state index contributed by atoms with van der Waals surface area (Å²) in [5.41, 5.74) is 1.07. The minimum atomic E-state index is -2.62. The third-order valence-corrected chi connectivity index (χ3v) is 5.48. The van der Waals surface area contributed by atoms with Crippen LogP contribution in [0.15, 0.2) is 18.2 Å². The Bertz CT molecular complexity index is 636. The molecule has 2 fully saturated rings. The van der Waals surface area contributed by atoms with Gasteiger partial charge in [0.2, 0.25) is 5.91 Å². The monoisotopic (exact) mass is 382 g/mol. The minimum Gasteiger partial charge on any atom is -0.497 e. The molecule has 3 rings (SSSR count). The van der Waals surface area contributed by atoms with Crippen molar-refractivity contribution in [1.29, 1.82) is 0 Å². The standard InChI is InChI=1S/C20H28F2N2O3/c1-26-17-10-15(11-18(12-17)27-2)13-23-7-3-4-16(14-23)19(25)24-8-5-20(21,22)6-9-24/h10-12,16H,3-9,13-14H2,1-2H3. The van der Waals surface area contributed by atoms with E-state index in [0.717, 1.165) is 36.4 Å². The molecule has 1 atom stereocenters. The van der Waals surface area contributed by atoms with Crippen LogP contribution in [0.2, 0.25) is 0 Å². The van der Waals surface area contributed by atoms with Gasteiger partial charge in [-0.25, -0.2) is 8.78 Å². The summed E-state index contributed by atoms with van der Waals surface area (Å²) in [4.78, 5) is 16.7. The zero-order chi connectivity index (χ0) is 19.4. The van der Waals surface area contributed by atoms with E-state index in [4.69, 9.17) is 9.47 Å². The molecule has 0 bridgehead atoms. The fourth-order valence-electron chi connectivity index (χ4n) is 3.93. The van der Waals surface area contributed by atoms with Crippen molar-refractivity contribution in [3.05, 3.63) is 23.8 Å². The molecule has 0 saturated carbocycles. The maximum atomic E-state index is 13.3. The summed E-state index contributed by atoms with van der Waals surface area (Å²) in [5.74, 6) is -1.23. The summed E-state index contributed by atoms with van der Waals surface area (Å²) < 4.78 is 37.3. The van der Waals surface area contributed by atoms with Crippen molar-refractivity contribution in [1.82, 2.24) is 9.80 Å². The van der Waals surface area contributed by atoms with Gasteiger partial charge in [0.25, 0.3) is 5.92 Å². The number of methoxy groups -OCH3 is 2. The van der Waals surface area contributed by atoms with E-state index < -0.39 is 5.92 Å². The quantitative estimate of drug-likeness (QED) is 0.785. The number of piperidine rings is 2. The highest BCUT2D eigenvalue weighted by Gasteiger charge is 2.38. The SMILES string of the molecule is COc1cc(CN2CCCC(C(=O)N3CCC(F)(F)CC3)C2)cc(OC)c1. The Hall–Kier alpha value is -1.89. The number of likely N-dealkylation sites (tertiary alicyclic amines) is 2. The molecule has 1 unspecified atom stereocenters. The molecule has 1 amide bonds. The first-order valence-corrected chi connectivity index (χ1v) is 9.51. The molecule has 0 radical (unpaired) electrons. The van der Waals surface area contributed by atoms with Crippen LogP contribution in [0.4, 0.5) is 8.78 Å². The van der Waals surface area contributed by atoms with Crippen molar-refractivity contribution in [3.8, 4) is 11.5 Å². The fourth-order valence-corrected chi connectivity index (χ4v) is 3.93. The normalized spacial score (nSPS) is 23.1. The molecule has 1 aromatic carbocycles. The van der Waals surface area contributed by atoms with Gasteiger partial charge >= 0.3 is 0 Å². The van der Waals surface area contributed by atoms with Gasteiger partial charge in [-0.05, 0) is 37.1 Å². The number of rotatable bonds is 5. The fraction of sp³-hybridized carbons (Fsp3) is 0.650. The van der Waals surface area contributed by atoms with E-state index in [0.29, 0.717) is 13.1 Å². The first-order chi connectivity index (χ1) is 12.9. The van der Waals surface area contributed by atoms with Crippen molar-refractivity contribution < 1.29 is 23.0 Å². The van der Waals surface area contributed by atoms with Crippen molar-refractivity contribution in [2.75, 3.05) is 40.4 Å². The summed E-state index contributed by atoms with van der Waals surface area (Å²) in [5, 5.41) is 0. The Balaban J connectivity index is 1.60. The summed E-state index contributed by atoms with van der Waals surface area (Å²) in [6, 6.07) is 5.78. The Morgan fingerprint density at radius 2 is 1.74 bits per heavy atom. The molecule has 7 heteroatoms. The van der Waals surface area contributed by atoms with Gasteiger partial charge in [0.15, 0.2) is 0 Å². The number of alkyl halides is 2. The van der Waals surface area contributed by atoms with E-state index in [1.54, 1.807) is 19.1 Å². The van der Waals surface area contributed by atoms with Crippen LogP contribution in [0.3, 0.4) is 0 Å². The summed E-state index contributed by atoms with van der Waals surface area (Å²) in [6.45, 7) is 2.60.